The summed E-state index contributed by atoms with van der Waals surface area (Å²) < 4.78 is 1.84. The first-order valence-corrected chi connectivity index (χ1v) is 6.63. The summed E-state index contributed by atoms with van der Waals surface area (Å²) in [5, 5.41) is 9.00. The molecule has 0 bridgehead atoms. The number of carboxylic acids is 1. The van der Waals surface area contributed by atoms with Gasteiger partial charge in [-0.3, -0.25) is 14.2 Å². The van der Waals surface area contributed by atoms with E-state index in [1.165, 1.54) is 0 Å². The number of amides is 1. The molecule has 1 amide bonds. The van der Waals surface area contributed by atoms with Crippen molar-refractivity contribution in [3.05, 3.63) is 59.9 Å². The zero-order chi connectivity index (χ0) is 15.7. The Hall–Kier alpha value is -3.15. The summed E-state index contributed by atoms with van der Waals surface area (Å²) in [5.74, 6) is -1.66. The topological polar surface area (TPSA) is 98.2 Å². The van der Waals surface area contributed by atoms with Gasteiger partial charge in [-0.15, -0.1) is 0 Å². The number of imidazole rings is 1. The Morgan fingerprint density at radius 2 is 1.95 bits per heavy atom. The lowest BCUT2D eigenvalue weighted by Gasteiger charge is -2.09. The normalized spacial score (nSPS) is 10.7. The second kappa shape index (κ2) is 5.33. The molecule has 3 rings (SSSR count). The fourth-order valence-electron chi connectivity index (χ4n) is 2.44. The predicted molar refractivity (Wildman–Crippen MR) is 80.9 cm³/mol. The first-order valence-electron chi connectivity index (χ1n) is 6.63. The molecule has 0 aliphatic carbocycles. The number of para-hydroxylation sites is 2. The molecule has 0 aliphatic rings. The van der Waals surface area contributed by atoms with Crippen molar-refractivity contribution in [1.82, 2.24) is 9.55 Å². The number of rotatable bonds is 4. The predicted octanol–water partition coefficient (Wildman–Crippen LogP) is 1.75. The summed E-state index contributed by atoms with van der Waals surface area (Å²) >= 11 is 0. The Labute approximate surface area is 125 Å². The number of carbonyl (C=O) groups is 2. The van der Waals surface area contributed by atoms with E-state index in [0.29, 0.717) is 5.56 Å². The average molecular weight is 295 g/mol. The average Bonchev–Trinajstić information content (AvgIpc) is 2.90. The molecule has 0 saturated carbocycles. The highest BCUT2D eigenvalue weighted by Gasteiger charge is 2.13. The number of benzene rings is 2. The maximum absolute atomic E-state index is 11.4. The summed E-state index contributed by atoms with van der Waals surface area (Å²) in [6.07, 6.45) is 1.40. The van der Waals surface area contributed by atoms with Gasteiger partial charge in [-0.2, -0.15) is 0 Å². The number of nitrogens with zero attached hydrogens (tertiary/aromatic N) is 2. The smallest absolute Gasteiger partial charge is 0.307 e. The number of carbonyl (C=O) groups excluding carboxylic acids is 1. The number of hydrogen-bond donors (Lipinski definition) is 2. The van der Waals surface area contributed by atoms with Crippen LogP contribution in [0.1, 0.15) is 15.9 Å². The van der Waals surface area contributed by atoms with Gasteiger partial charge in [0.1, 0.15) is 6.33 Å². The van der Waals surface area contributed by atoms with Gasteiger partial charge < -0.3 is 10.8 Å². The molecular formula is C16H13N3O3. The van der Waals surface area contributed by atoms with E-state index >= 15 is 0 Å². The molecule has 0 aliphatic heterocycles. The van der Waals surface area contributed by atoms with E-state index < -0.39 is 11.9 Å². The Bertz CT molecular complexity index is 883. The fraction of sp³-hybridized carbons (Fsp3) is 0.0625. The van der Waals surface area contributed by atoms with Crippen molar-refractivity contribution in [2.75, 3.05) is 0 Å². The lowest BCUT2D eigenvalue weighted by molar-refractivity contribution is -0.136. The fourth-order valence-corrected chi connectivity index (χ4v) is 2.44. The molecule has 3 N–H and O–H groups in total. The maximum atomic E-state index is 11.4. The summed E-state index contributed by atoms with van der Waals surface area (Å²) in [4.78, 5) is 26.7. The molecule has 0 radical (unpaired) electrons. The van der Waals surface area contributed by atoms with E-state index in [-0.39, 0.29) is 12.0 Å². The van der Waals surface area contributed by atoms with Crippen molar-refractivity contribution in [2.24, 2.45) is 5.73 Å². The summed E-state index contributed by atoms with van der Waals surface area (Å²) in [5.41, 5.74) is 8.37. The SMILES string of the molecule is NC(=O)c1ccc(-n2cnc3ccccc32)cc1CC(=O)O. The van der Waals surface area contributed by atoms with Crippen LogP contribution < -0.4 is 5.73 Å². The monoisotopic (exact) mass is 295 g/mol. The molecule has 1 aromatic heterocycles. The van der Waals surface area contributed by atoms with Crippen LogP contribution in [0.3, 0.4) is 0 Å². The Morgan fingerprint density at radius 3 is 2.68 bits per heavy atom. The Balaban J connectivity index is 2.15. The number of aromatic nitrogens is 2. The number of nitrogens with two attached hydrogens (primary N) is 1. The number of hydrogen-bond acceptors (Lipinski definition) is 3. The van der Waals surface area contributed by atoms with Gasteiger partial charge in [0.25, 0.3) is 0 Å². The van der Waals surface area contributed by atoms with Gasteiger partial charge >= 0.3 is 5.97 Å². The molecular weight excluding hydrogens is 282 g/mol. The minimum absolute atomic E-state index is 0.218. The molecule has 0 spiro atoms. The molecule has 1 heterocycles. The number of carboxylic acid groups (broad SMARTS) is 1. The molecule has 22 heavy (non-hydrogen) atoms. The molecule has 0 saturated heterocycles. The number of primary amides is 1. The van der Waals surface area contributed by atoms with Crippen LogP contribution in [0.2, 0.25) is 0 Å². The Kier molecular flexibility index (Phi) is 3.34. The van der Waals surface area contributed by atoms with E-state index in [2.05, 4.69) is 4.98 Å². The van der Waals surface area contributed by atoms with Crippen LogP contribution in [0.15, 0.2) is 48.8 Å². The van der Waals surface area contributed by atoms with E-state index in [1.807, 2.05) is 28.8 Å². The molecule has 0 fully saturated rings. The second-order valence-electron chi connectivity index (χ2n) is 4.88. The van der Waals surface area contributed by atoms with Crippen LogP contribution in [0, 0.1) is 0 Å². The van der Waals surface area contributed by atoms with Gasteiger partial charge in [0.2, 0.25) is 5.91 Å². The highest BCUT2D eigenvalue weighted by Crippen LogP contribution is 2.21. The van der Waals surface area contributed by atoms with E-state index in [0.717, 1.165) is 16.7 Å². The standard InChI is InChI=1S/C16H13N3O3/c17-16(22)12-6-5-11(7-10(12)8-15(20)21)19-9-18-13-3-1-2-4-14(13)19/h1-7,9H,8H2,(H2,17,22)(H,20,21). The first kappa shape index (κ1) is 13.8. The van der Waals surface area contributed by atoms with Gasteiger partial charge in [0, 0.05) is 11.3 Å². The largest absolute Gasteiger partial charge is 0.481 e. The highest BCUT2D eigenvalue weighted by molar-refractivity contribution is 5.95. The highest BCUT2D eigenvalue weighted by atomic mass is 16.4. The first-order chi connectivity index (χ1) is 10.6. The minimum atomic E-state index is -1.02. The van der Waals surface area contributed by atoms with Crippen molar-refractivity contribution >= 4 is 22.9 Å². The van der Waals surface area contributed by atoms with Crippen molar-refractivity contribution in [1.29, 1.82) is 0 Å². The zero-order valence-electron chi connectivity index (χ0n) is 11.6. The zero-order valence-corrected chi connectivity index (χ0v) is 11.6. The summed E-state index contributed by atoms with van der Waals surface area (Å²) in [7, 11) is 0. The van der Waals surface area contributed by atoms with Gasteiger partial charge in [-0.05, 0) is 35.9 Å². The Morgan fingerprint density at radius 1 is 1.18 bits per heavy atom. The van der Waals surface area contributed by atoms with Crippen molar-refractivity contribution in [3.8, 4) is 5.69 Å². The summed E-state index contributed by atoms with van der Waals surface area (Å²) in [6, 6.07) is 12.5. The van der Waals surface area contributed by atoms with E-state index in [9.17, 15) is 9.59 Å². The number of fused-ring (bicyclic) bond motifs is 1. The minimum Gasteiger partial charge on any atom is -0.481 e. The van der Waals surface area contributed by atoms with Crippen LogP contribution in [0.5, 0.6) is 0 Å². The molecule has 6 nitrogen and oxygen atoms in total. The van der Waals surface area contributed by atoms with Crippen LogP contribution >= 0.6 is 0 Å². The summed E-state index contributed by atoms with van der Waals surface area (Å²) in [6.45, 7) is 0. The maximum Gasteiger partial charge on any atom is 0.307 e. The van der Waals surface area contributed by atoms with Crippen molar-refractivity contribution in [2.45, 2.75) is 6.42 Å². The molecule has 0 atom stereocenters. The lowest BCUT2D eigenvalue weighted by atomic mass is 10.0. The molecule has 0 unspecified atom stereocenters. The molecule has 6 heteroatoms. The molecule has 2 aromatic carbocycles. The molecule has 110 valence electrons. The molecule has 3 aromatic rings. The van der Waals surface area contributed by atoms with Gasteiger partial charge in [-0.25, -0.2) is 4.98 Å². The third-order valence-corrected chi connectivity index (χ3v) is 3.43. The second-order valence-corrected chi connectivity index (χ2v) is 4.88. The van der Waals surface area contributed by atoms with Crippen LogP contribution in [-0.2, 0) is 11.2 Å². The lowest BCUT2D eigenvalue weighted by Crippen LogP contribution is -2.16. The van der Waals surface area contributed by atoms with Crippen molar-refractivity contribution in [3.63, 3.8) is 0 Å². The van der Waals surface area contributed by atoms with E-state index in [4.69, 9.17) is 10.8 Å². The van der Waals surface area contributed by atoms with Gasteiger partial charge in [0.15, 0.2) is 0 Å². The van der Waals surface area contributed by atoms with E-state index in [1.54, 1.807) is 24.5 Å². The van der Waals surface area contributed by atoms with Gasteiger partial charge in [-0.1, -0.05) is 12.1 Å². The van der Waals surface area contributed by atoms with Crippen molar-refractivity contribution < 1.29 is 14.7 Å². The van der Waals surface area contributed by atoms with Crippen LogP contribution in [0.4, 0.5) is 0 Å². The van der Waals surface area contributed by atoms with Crippen LogP contribution in [-0.4, -0.2) is 26.5 Å². The van der Waals surface area contributed by atoms with Gasteiger partial charge in [0.05, 0.1) is 17.5 Å². The van der Waals surface area contributed by atoms with Crippen LogP contribution in [0.25, 0.3) is 16.7 Å². The number of aliphatic carboxylic acids is 1. The quantitative estimate of drug-likeness (QED) is 0.766. The third kappa shape index (κ3) is 2.42. The third-order valence-electron chi connectivity index (χ3n) is 3.43.